The van der Waals surface area contributed by atoms with Gasteiger partial charge in [0.15, 0.2) is 5.11 Å². The standard InChI is InChI=1S/C18H25N5OS/c1-11(2)19-18(25)21-20-17(24)16-13(4)22-23(14(16)5)10-15-8-6-12(3)7-9-15/h6-9,11H,10H2,1-5H3,(H,20,24)(H2,19,21,25). The molecule has 0 aliphatic heterocycles. The minimum atomic E-state index is -0.252. The summed E-state index contributed by atoms with van der Waals surface area (Å²) in [5, 5.41) is 7.89. The summed E-state index contributed by atoms with van der Waals surface area (Å²) >= 11 is 5.11. The second-order valence-corrected chi connectivity index (χ2v) is 6.80. The average Bonchev–Trinajstić information content (AvgIpc) is 2.81. The molecule has 25 heavy (non-hydrogen) atoms. The van der Waals surface area contributed by atoms with E-state index in [4.69, 9.17) is 12.2 Å². The zero-order valence-corrected chi connectivity index (χ0v) is 16.1. The smallest absolute Gasteiger partial charge is 0.273 e. The van der Waals surface area contributed by atoms with Gasteiger partial charge in [-0.05, 0) is 52.4 Å². The number of nitrogens with one attached hydrogen (secondary N) is 3. The molecule has 1 heterocycles. The van der Waals surface area contributed by atoms with Crippen LogP contribution in [-0.2, 0) is 6.54 Å². The molecule has 1 aromatic heterocycles. The number of nitrogens with zero attached hydrogens (tertiary/aromatic N) is 2. The van der Waals surface area contributed by atoms with Crippen LogP contribution in [0.1, 0.15) is 46.7 Å². The lowest BCUT2D eigenvalue weighted by atomic mass is 10.1. The highest BCUT2D eigenvalue weighted by Gasteiger charge is 2.19. The maximum absolute atomic E-state index is 12.5. The summed E-state index contributed by atoms with van der Waals surface area (Å²) in [4.78, 5) is 12.5. The van der Waals surface area contributed by atoms with Gasteiger partial charge in [0.2, 0.25) is 0 Å². The highest BCUT2D eigenvalue weighted by Crippen LogP contribution is 2.15. The van der Waals surface area contributed by atoms with Crippen LogP contribution in [0.5, 0.6) is 0 Å². The monoisotopic (exact) mass is 359 g/mol. The minimum Gasteiger partial charge on any atom is -0.359 e. The molecule has 0 fully saturated rings. The van der Waals surface area contributed by atoms with Crippen molar-refractivity contribution >= 4 is 23.2 Å². The van der Waals surface area contributed by atoms with Crippen LogP contribution in [0.3, 0.4) is 0 Å². The van der Waals surface area contributed by atoms with E-state index in [2.05, 4.69) is 52.5 Å². The lowest BCUT2D eigenvalue weighted by molar-refractivity contribution is 0.0942. The third-order valence-electron chi connectivity index (χ3n) is 3.77. The number of carbonyl (C=O) groups excluding carboxylic acids is 1. The van der Waals surface area contributed by atoms with E-state index in [9.17, 15) is 4.79 Å². The number of benzene rings is 1. The highest BCUT2D eigenvalue weighted by molar-refractivity contribution is 7.80. The average molecular weight is 359 g/mol. The van der Waals surface area contributed by atoms with Crippen molar-refractivity contribution in [3.63, 3.8) is 0 Å². The fourth-order valence-electron chi connectivity index (χ4n) is 2.52. The number of carbonyl (C=O) groups is 1. The van der Waals surface area contributed by atoms with Gasteiger partial charge in [0, 0.05) is 11.7 Å². The molecule has 0 saturated heterocycles. The van der Waals surface area contributed by atoms with Crippen molar-refractivity contribution in [1.82, 2.24) is 25.9 Å². The van der Waals surface area contributed by atoms with Gasteiger partial charge in [-0.25, -0.2) is 0 Å². The van der Waals surface area contributed by atoms with E-state index < -0.39 is 0 Å². The van der Waals surface area contributed by atoms with Gasteiger partial charge >= 0.3 is 0 Å². The second-order valence-electron chi connectivity index (χ2n) is 6.40. The molecule has 134 valence electrons. The van der Waals surface area contributed by atoms with Crippen molar-refractivity contribution in [3.05, 3.63) is 52.3 Å². The van der Waals surface area contributed by atoms with E-state index in [1.165, 1.54) is 5.56 Å². The third-order valence-corrected chi connectivity index (χ3v) is 3.99. The summed E-state index contributed by atoms with van der Waals surface area (Å²) in [6.45, 7) is 10.4. The van der Waals surface area contributed by atoms with Crippen LogP contribution in [-0.4, -0.2) is 26.8 Å². The predicted molar refractivity (Wildman–Crippen MR) is 103 cm³/mol. The summed E-state index contributed by atoms with van der Waals surface area (Å²) in [6.07, 6.45) is 0. The van der Waals surface area contributed by atoms with Gasteiger partial charge < -0.3 is 5.32 Å². The normalized spacial score (nSPS) is 10.6. The molecule has 2 aromatic rings. The Bertz CT molecular complexity index is 765. The Balaban J connectivity index is 2.09. The van der Waals surface area contributed by atoms with E-state index in [1.54, 1.807) is 0 Å². The number of amides is 1. The first kappa shape index (κ1) is 18.9. The van der Waals surface area contributed by atoms with E-state index in [1.807, 2.05) is 32.4 Å². The zero-order chi connectivity index (χ0) is 18.6. The van der Waals surface area contributed by atoms with Gasteiger partial charge in [0.25, 0.3) is 5.91 Å². The minimum absolute atomic E-state index is 0.192. The van der Waals surface area contributed by atoms with Gasteiger partial charge in [0.1, 0.15) is 0 Å². The molecule has 2 rings (SSSR count). The molecule has 0 unspecified atom stereocenters. The number of hydrazine groups is 1. The molecule has 0 aliphatic carbocycles. The summed E-state index contributed by atoms with van der Waals surface area (Å²) in [5.74, 6) is -0.252. The molecule has 0 saturated carbocycles. The molecule has 0 atom stereocenters. The number of rotatable bonds is 4. The molecule has 1 aromatic carbocycles. The van der Waals surface area contributed by atoms with E-state index in [-0.39, 0.29) is 11.9 Å². The van der Waals surface area contributed by atoms with Gasteiger partial charge in [-0.1, -0.05) is 29.8 Å². The molecular formula is C18H25N5OS. The summed E-state index contributed by atoms with van der Waals surface area (Å²) in [5.41, 5.74) is 9.77. The van der Waals surface area contributed by atoms with Crippen molar-refractivity contribution in [2.75, 3.05) is 0 Å². The molecule has 1 amide bonds. The van der Waals surface area contributed by atoms with Crippen LogP contribution in [0, 0.1) is 20.8 Å². The number of hydrogen-bond donors (Lipinski definition) is 3. The maximum Gasteiger partial charge on any atom is 0.273 e. The molecule has 7 heteroatoms. The van der Waals surface area contributed by atoms with Crippen LogP contribution in [0.2, 0.25) is 0 Å². The zero-order valence-electron chi connectivity index (χ0n) is 15.3. The Morgan fingerprint density at radius 3 is 2.40 bits per heavy atom. The Morgan fingerprint density at radius 1 is 1.16 bits per heavy atom. The first-order valence-corrected chi connectivity index (χ1v) is 8.65. The van der Waals surface area contributed by atoms with Gasteiger partial charge in [-0.15, -0.1) is 0 Å². The third kappa shape index (κ3) is 5.03. The number of aromatic nitrogens is 2. The van der Waals surface area contributed by atoms with Crippen molar-refractivity contribution in [2.45, 2.75) is 47.2 Å². The van der Waals surface area contributed by atoms with E-state index >= 15 is 0 Å². The SMILES string of the molecule is Cc1ccc(Cn2nc(C)c(C(=O)NNC(=S)NC(C)C)c2C)cc1. The maximum atomic E-state index is 12.5. The van der Waals surface area contributed by atoms with E-state index in [0.717, 1.165) is 11.3 Å². The van der Waals surface area contributed by atoms with Crippen molar-refractivity contribution < 1.29 is 4.79 Å². The Morgan fingerprint density at radius 2 is 1.80 bits per heavy atom. The number of aryl methyl sites for hydroxylation is 2. The van der Waals surface area contributed by atoms with Gasteiger partial charge in [0.05, 0.1) is 17.8 Å². The molecule has 0 radical (unpaired) electrons. The molecule has 0 spiro atoms. The first-order valence-electron chi connectivity index (χ1n) is 8.24. The van der Waals surface area contributed by atoms with Crippen molar-refractivity contribution in [2.24, 2.45) is 0 Å². The van der Waals surface area contributed by atoms with Crippen LogP contribution in [0.4, 0.5) is 0 Å². The van der Waals surface area contributed by atoms with Crippen LogP contribution in [0.25, 0.3) is 0 Å². The number of hydrogen-bond acceptors (Lipinski definition) is 3. The fourth-order valence-corrected chi connectivity index (χ4v) is 2.81. The lowest BCUT2D eigenvalue weighted by Gasteiger charge is -2.14. The lowest BCUT2D eigenvalue weighted by Crippen LogP contribution is -2.48. The topological polar surface area (TPSA) is 71.0 Å². The van der Waals surface area contributed by atoms with Crippen LogP contribution in [0.15, 0.2) is 24.3 Å². The van der Waals surface area contributed by atoms with Crippen LogP contribution < -0.4 is 16.2 Å². The second kappa shape index (κ2) is 8.11. The Hall–Kier alpha value is -2.41. The first-order chi connectivity index (χ1) is 11.8. The molecular weight excluding hydrogens is 334 g/mol. The van der Waals surface area contributed by atoms with Crippen molar-refractivity contribution in [3.8, 4) is 0 Å². The molecule has 6 nitrogen and oxygen atoms in total. The Kier molecular flexibility index (Phi) is 6.14. The van der Waals surface area contributed by atoms with E-state index in [0.29, 0.717) is 22.9 Å². The summed E-state index contributed by atoms with van der Waals surface area (Å²) in [7, 11) is 0. The predicted octanol–water partition coefficient (Wildman–Crippen LogP) is 2.37. The highest BCUT2D eigenvalue weighted by atomic mass is 32.1. The van der Waals surface area contributed by atoms with Crippen molar-refractivity contribution in [1.29, 1.82) is 0 Å². The molecule has 0 bridgehead atoms. The summed E-state index contributed by atoms with van der Waals surface area (Å²) in [6, 6.07) is 8.48. The van der Waals surface area contributed by atoms with Gasteiger partial charge in [-0.3, -0.25) is 20.3 Å². The van der Waals surface area contributed by atoms with Gasteiger partial charge in [-0.2, -0.15) is 5.10 Å². The largest absolute Gasteiger partial charge is 0.359 e. The molecule has 3 N–H and O–H groups in total. The van der Waals surface area contributed by atoms with Crippen LogP contribution >= 0.6 is 12.2 Å². The quantitative estimate of drug-likeness (QED) is 0.577. The Labute approximate surface area is 154 Å². The molecule has 0 aliphatic rings. The number of thiocarbonyl (C=S) groups is 1. The summed E-state index contributed by atoms with van der Waals surface area (Å²) < 4.78 is 1.85. The fraction of sp³-hybridized carbons (Fsp3) is 0.389.